The number of amides is 1. The molecule has 0 aromatic heterocycles. The van der Waals surface area contributed by atoms with Crippen molar-refractivity contribution in [2.75, 3.05) is 14.1 Å². The lowest BCUT2D eigenvalue weighted by Crippen LogP contribution is -2.29. The number of carbonyl (C=O) groups is 1. The molecule has 0 aliphatic heterocycles. The highest BCUT2D eigenvalue weighted by atomic mass is 35.5. The molecule has 0 aromatic rings. The highest BCUT2D eigenvalue weighted by Gasteiger charge is 2.19. The van der Waals surface area contributed by atoms with Crippen LogP contribution in [-0.4, -0.2) is 24.9 Å². The first-order valence-corrected chi connectivity index (χ1v) is 13.8. The van der Waals surface area contributed by atoms with E-state index in [9.17, 15) is 4.79 Å². The van der Waals surface area contributed by atoms with E-state index in [1.807, 2.05) is 19.0 Å². The SMILES string of the molecule is CCCCCCCCCCCCC(CCCCCCCCCCCC)C(=O)N(C)C.Cl. The molecule has 0 fully saturated rings. The summed E-state index contributed by atoms with van der Waals surface area (Å²) in [6.45, 7) is 4.57. The van der Waals surface area contributed by atoms with E-state index >= 15 is 0 Å². The highest BCUT2D eigenvalue weighted by molar-refractivity contribution is 5.85. The number of hydrogen-bond donors (Lipinski definition) is 0. The zero-order valence-electron chi connectivity index (χ0n) is 21.9. The van der Waals surface area contributed by atoms with Crippen molar-refractivity contribution in [1.82, 2.24) is 4.90 Å². The first-order valence-electron chi connectivity index (χ1n) is 13.8. The zero-order valence-corrected chi connectivity index (χ0v) is 22.7. The Hall–Kier alpha value is -0.240. The van der Waals surface area contributed by atoms with Gasteiger partial charge in [-0.1, -0.05) is 142 Å². The molecule has 0 heterocycles. The second kappa shape index (κ2) is 26.0. The lowest BCUT2D eigenvalue weighted by atomic mass is 9.93. The molecule has 0 atom stereocenters. The molecule has 0 radical (unpaired) electrons. The van der Waals surface area contributed by atoms with Crippen molar-refractivity contribution >= 4 is 18.3 Å². The maximum Gasteiger partial charge on any atom is 0.225 e. The largest absolute Gasteiger partial charge is 0.349 e. The molecule has 0 aromatic carbocycles. The minimum atomic E-state index is 0. The summed E-state index contributed by atoms with van der Waals surface area (Å²) >= 11 is 0. The van der Waals surface area contributed by atoms with E-state index in [4.69, 9.17) is 0 Å². The van der Waals surface area contributed by atoms with Crippen LogP contribution in [0.1, 0.15) is 155 Å². The summed E-state index contributed by atoms with van der Waals surface area (Å²) in [5.74, 6) is 0.630. The average Bonchev–Trinajstić information content (AvgIpc) is 2.74. The highest BCUT2D eigenvalue weighted by Crippen LogP contribution is 2.21. The Balaban J connectivity index is 0. The minimum absolute atomic E-state index is 0. The van der Waals surface area contributed by atoms with Crippen molar-refractivity contribution in [2.45, 2.75) is 155 Å². The maximum atomic E-state index is 12.6. The Morgan fingerprint density at radius 3 is 1.03 bits per heavy atom. The van der Waals surface area contributed by atoms with Crippen LogP contribution in [-0.2, 0) is 4.79 Å². The first kappa shape index (κ1) is 32.9. The van der Waals surface area contributed by atoms with Crippen LogP contribution in [0.3, 0.4) is 0 Å². The lowest BCUT2D eigenvalue weighted by molar-refractivity contribution is -0.133. The van der Waals surface area contributed by atoms with Gasteiger partial charge in [-0.2, -0.15) is 0 Å². The molecule has 31 heavy (non-hydrogen) atoms. The normalized spacial score (nSPS) is 11.0. The molecule has 0 aliphatic rings. The number of carbonyl (C=O) groups excluding carboxylic acids is 1. The molecule has 0 saturated carbocycles. The van der Waals surface area contributed by atoms with E-state index in [1.165, 1.54) is 128 Å². The molecule has 0 N–H and O–H groups in total. The van der Waals surface area contributed by atoms with Crippen LogP contribution in [0.5, 0.6) is 0 Å². The number of unbranched alkanes of at least 4 members (excludes halogenated alkanes) is 18. The zero-order chi connectivity index (χ0) is 22.3. The van der Waals surface area contributed by atoms with E-state index in [1.54, 1.807) is 0 Å². The van der Waals surface area contributed by atoms with Gasteiger partial charge in [0.25, 0.3) is 0 Å². The summed E-state index contributed by atoms with van der Waals surface area (Å²) in [4.78, 5) is 14.4. The number of hydrogen-bond acceptors (Lipinski definition) is 1. The van der Waals surface area contributed by atoms with Gasteiger partial charge in [-0.3, -0.25) is 4.79 Å². The van der Waals surface area contributed by atoms with Crippen LogP contribution in [0, 0.1) is 5.92 Å². The molecule has 0 spiro atoms. The van der Waals surface area contributed by atoms with Crippen molar-refractivity contribution < 1.29 is 4.79 Å². The van der Waals surface area contributed by atoms with Gasteiger partial charge in [0, 0.05) is 20.0 Å². The Labute approximate surface area is 203 Å². The van der Waals surface area contributed by atoms with Crippen LogP contribution < -0.4 is 0 Å². The van der Waals surface area contributed by atoms with Crippen molar-refractivity contribution in [2.24, 2.45) is 5.92 Å². The third kappa shape index (κ3) is 22.7. The van der Waals surface area contributed by atoms with Crippen LogP contribution in [0.25, 0.3) is 0 Å². The average molecular weight is 460 g/mol. The fraction of sp³-hybridized carbons (Fsp3) is 0.964. The predicted molar refractivity (Wildman–Crippen MR) is 142 cm³/mol. The third-order valence-electron chi connectivity index (χ3n) is 6.60. The van der Waals surface area contributed by atoms with E-state index in [2.05, 4.69) is 13.8 Å². The molecule has 188 valence electrons. The standard InChI is InChI=1S/C28H57NO.ClH/c1-5-7-9-11-13-15-17-19-21-23-25-27(28(30)29(3)4)26-24-22-20-18-16-14-12-10-8-6-2;/h27H,5-26H2,1-4H3;1H. The summed E-state index contributed by atoms with van der Waals surface area (Å²) in [5, 5.41) is 0. The smallest absolute Gasteiger partial charge is 0.225 e. The van der Waals surface area contributed by atoms with Crippen molar-refractivity contribution in [3.05, 3.63) is 0 Å². The van der Waals surface area contributed by atoms with Crippen LogP contribution in [0.2, 0.25) is 0 Å². The predicted octanol–water partition coefficient (Wildman–Crippen LogP) is 9.73. The second-order valence-electron chi connectivity index (χ2n) is 9.87. The van der Waals surface area contributed by atoms with Crippen molar-refractivity contribution in [3.63, 3.8) is 0 Å². The van der Waals surface area contributed by atoms with Crippen molar-refractivity contribution in [3.8, 4) is 0 Å². The maximum absolute atomic E-state index is 12.6. The van der Waals surface area contributed by atoms with Crippen LogP contribution >= 0.6 is 12.4 Å². The first-order chi connectivity index (χ1) is 14.6. The molecule has 0 unspecified atom stereocenters. The van der Waals surface area contributed by atoms with Crippen LogP contribution in [0.4, 0.5) is 0 Å². The molecule has 2 nitrogen and oxygen atoms in total. The Bertz CT molecular complexity index is 335. The molecular weight excluding hydrogens is 402 g/mol. The summed E-state index contributed by atoms with van der Waals surface area (Å²) in [6, 6.07) is 0. The quantitative estimate of drug-likeness (QED) is 0.139. The number of rotatable bonds is 23. The van der Waals surface area contributed by atoms with Crippen LogP contribution in [0.15, 0.2) is 0 Å². The van der Waals surface area contributed by atoms with Gasteiger partial charge in [0.05, 0.1) is 0 Å². The summed E-state index contributed by atoms with van der Waals surface area (Å²) in [7, 11) is 3.85. The summed E-state index contributed by atoms with van der Waals surface area (Å²) in [6.07, 6.45) is 29.6. The molecule has 0 saturated heterocycles. The van der Waals surface area contributed by atoms with Gasteiger partial charge in [0.1, 0.15) is 0 Å². The summed E-state index contributed by atoms with van der Waals surface area (Å²) < 4.78 is 0. The van der Waals surface area contributed by atoms with E-state index in [0.29, 0.717) is 5.91 Å². The molecule has 0 rings (SSSR count). The summed E-state index contributed by atoms with van der Waals surface area (Å²) in [5.41, 5.74) is 0. The Morgan fingerprint density at radius 2 is 0.774 bits per heavy atom. The van der Waals surface area contributed by atoms with Gasteiger partial charge in [0.15, 0.2) is 0 Å². The van der Waals surface area contributed by atoms with E-state index in [-0.39, 0.29) is 18.3 Å². The van der Waals surface area contributed by atoms with Gasteiger partial charge >= 0.3 is 0 Å². The lowest BCUT2D eigenvalue weighted by Gasteiger charge is -2.20. The topological polar surface area (TPSA) is 20.3 Å². The minimum Gasteiger partial charge on any atom is -0.349 e. The van der Waals surface area contributed by atoms with Gasteiger partial charge in [-0.05, 0) is 12.8 Å². The van der Waals surface area contributed by atoms with E-state index in [0.717, 1.165) is 12.8 Å². The Morgan fingerprint density at radius 1 is 0.516 bits per heavy atom. The van der Waals surface area contributed by atoms with E-state index < -0.39 is 0 Å². The van der Waals surface area contributed by atoms with Gasteiger partial charge in [-0.15, -0.1) is 12.4 Å². The van der Waals surface area contributed by atoms with Gasteiger partial charge < -0.3 is 4.90 Å². The molecular formula is C28H58ClNO. The van der Waals surface area contributed by atoms with Gasteiger partial charge in [-0.25, -0.2) is 0 Å². The monoisotopic (exact) mass is 459 g/mol. The second-order valence-corrected chi connectivity index (χ2v) is 9.87. The molecule has 3 heteroatoms. The third-order valence-corrected chi connectivity index (χ3v) is 6.60. The molecule has 1 amide bonds. The molecule has 0 bridgehead atoms. The van der Waals surface area contributed by atoms with Crippen molar-refractivity contribution in [1.29, 1.82) is 0 Å². The Kier molecular flexibility index (Phi) is 27.6. The fourth-order valence-electron chi connectivity index (χ4n) is 4.51. The number of halogens is 1. The fourth-order valence-corrected chi connectivity index (χ4v) is 4.51. The van der Waals surface area contributed by atoms with Gasteiger partial charge in [0.2, 0.25) is 5.91 Å². The number of nitrogens with zero attached hydrogens (tertiary/aromatic N) is 1. The molecule has 0 aliphatic carbocycles.